The fourth-order valence-electron chi connectivity index (χ4n) is 3.37. The quantitative estimate of drug-likeness (QED) is 0.479. The van der Waals surface area contributed by atoms with E-state index in [1.165, 1.54) is 24.3 Å². The van der Waals surface area contributed by atoms with Crippen molar-refractivity contribution in [1.29, 1.82) is 0 Å². The predicted octanol–water partition coefficient (Wildman–Crippen LogP) is 3.75. The van der Waals surface area contributed by atoms with Gasteiger partial charge in [0.15, 0.2) is 0 Å². The molecule has 1 aliphatic rings. The Labute approximate surface area is 154 Å². The molecule has 1 aliphatic heterocycles. The summed E-state index contributed by atoms with van der Waals surface area (Å²) in [6, 6.07) is 12.0. The smallest absolute Gasteiger partial charge is 0.269 e. The number of piperidine rings is 1. The summed E-state index contributed by atoms with van der Waals surface area (Å²) in [6.45, 7) is 1.92. The molecule has 3 rings (SSSR count). The molecule has 1 fully saturated rings. The minimum atomic E-state index is -0.458. The summed E-state index contributed by atoms with van der Waals surface area (Å²) >= 11 is 0. The van der Waals surface area contributed by atoms with Crippen molar-refractivity contribution in [3.63, 3.8) is 0 Å². The zero-order valence-electron chi connectivity index (χ0n) is 14.5. The first-order valence-electron chi connectivity index (χ1n) is 8.36. The Morgan fingerprint density at radius 2 is 1.44 bits per heavy atom. The van der Waals surface area contributed by atoms with E-state index in [0.29, 0.717) is 12.1 Å². The number of nitro benzene ring substituents is 2. The van der Waals surface area contributed by atoms with Crippen LogP contribution in [0.1, 0.15) is 36.6 Å². The molecule has 140 valence electrons. The SMILES string of the molecule is C[C@H]1/C(=N\O)C[C@@H](c2ccc([N+](=O)[O-])cc2)N[C@@H]1c1ccc([N+](=O)[O-])cc1. The third-order valence-electron chi connectivity index (χ3n) is 4.92. The summed E-state index contributed by atoms with van der Waals surface area (Å²) in [6.07, 6.45) is 0.457. The number of nitrogens with one attached hydrogen (secondary N) is 1. The van der Waals surface area contributed by atoms with Gasteiger partial charge in [0.25, 0.3) is 11.4 Å². The van der Waals surface area contributed by atoms with Crippen LogP contribution in [0.25, 0.3) is 0 Å². The van der Waals surface area contributed by atoms with Gasteiger partial charge in [0.1, 0.15) is 0 Å². The number of nitro groups is 2. The summed E-state index contributed by atoms with van der Waals surface area (Å²) < 4.78 is 0. The van der Waals surface area contributed by atoms with E-state index < -0.39 is 9.85 Å². The Hall–Kier alpha value is -3.33. The van der Waals surface area contributed by atoms with E-state index in [1.54, 1.807) is 24.3 Å². The van der Waals surface area contributed by atoms with E-state index in [4.69, 9.17) is 0 Å². The Bertz CT molecular complexity index is 880. The van der Waals surface area contributed by atoms with Gasteiger partial charge in [-0.25, -0.2) is 0 Å². The maximum absolute atomic E-state index is 10.9. The molecule has 2 aromatic carbocycles. The molecule has 9 nitrogen and oxygen atoms in total. The minimum Gasteiger partial charge on any atom is -0.411 e. The monoisotopic (exact) mass is 370 g/mol. The van der Waals surface area contributed by atoms with E-state index >= 15 is 0 Å². The average molecular weight is 370 g/mol. The number of rotatable bonds is 4. The molecule has 2 aromatic rings. The predicted molar refractivity (Wildman–Crippen MR) is 97.8 cm³/mol. The molecule has 27 heavy (non-hydrogen) atoms. The average Bonchev–Trinajstić information content (AvgIpc) is 2.68. The van der Waals surface area contributed by atoms with Gasteiger partial charge in [-0.15, -0.1) is 0 Å². The molecule has 0 aromatic heterocycles. The van der Waals surface area contributed by atoms with Crippen LogP contribution in [-0.4, -0.2) is 20.8 Å². The highest BCUT2D eigenvalue weighted by Gasteiger charge is 2.34. The van der Waals surface area contributed by atoms with Gasteiger partial charge < -0.3 is 10.5 Å². The Morgan fingerprint density at radius 3 is 1.89 bits per heavy atom. The molecule has 3 atom stereocenters. The lowest BCUT2D eigenvalue weighted by atomic mass is 9.81. The van der Waals surface area contributed by atoms with E-state index in [2.05, 4.69) is 10.5 Å². The van der Waals surface area contributed by atoms with Crippen molar-refractivity contribution < 1.29 is 15.1 Å². The fourth-order valence-corrected chi connectivity index (χ4v) is 3.37. The largest absolute Gasteiger partial charge is 0.411 e. The van der Waals surface area contributed by atoms with Crippen LogP contribution < -0.4 is 5.32 Å². The first kappa shape index (κ1) is 18.5. The maximum Gasteiger partial charge on any atom is 0.269 e. The van der Waals surface area contributed by atoms with Gasteiger partial charge in [0.2, 0.25) is 0 Å². The highest BCUT2D eigenvalue weighted by Crippen LogP contribution is 2.36. The van der Waals surface area contributed by atoms with Gasteiger partial charge in [-0.1, -0.05) is 36.3 Å². The van der Waals surface area contributed by atoms with Gasteiger partial charge >= 0.3 is 0 Å². The van der Waals surface area contributed by atoms with Crippen molar-refractivity contribution in [1.82, 2.24) is 5.32 Å². The summed E-state index contributed by atoms with van der Waals surface area (Å²) in [5.41, 5.74) is 2.28. The zero-order chi connectivity index (χ0) is 19.6. The second kappa shape index (κ2) is 7.50. The van der Waals surface area contributed by atoms with Crippen molar-refractivity contribution in [2.45, 2.75) is 25.4 Å². The molecule has 0 amide bonds. The van der Waals surface area contributed by atoms with E-state index in [-0.39, 0.29) is 29.4 Å². The summed E-state index contributed by atoms with van der Waals surface area (Å²) in [7, 11) is 0. The lowest BCUT2D eigenvalue weighted by molar-refractivity contribution is -0.385. The maximum atomic E-state index is 10.9. The lowest BCUT2D eigenvalue weighted by Gasteiger charge is -2.37. The third-order valence-corrected chi connectivity index (χ3v) is 4.92. The van der Waals surface area contributed by atoms with Gasteiger partial charge in [-0.05, 0) is 11.1 Å². The topological polar surface area (TPSA) is 131 Å². The molecular formula is C18H18N4O5. The zero-order valence-corrected chi connectivity index (χ0v) is 14.5. The van der Waals surface area contributed by atoms with Crippen LogP contribution >= 0.6 is 0 Å². The van der Waals surface area contributed by atoms with Crippen LogP contribution in [0.5, 0.6) is 0 Å². The van der Waals surface area contributed by atoms with Gasteiger partial charge in [-0.2, -0.15) is 0 Å². The molecule has 0 bridgehead atoms. The van der Waals surface area contributed by atoms with Crippen LogP contribution in [0.4, 0.5) is 11.4 Å². The van der Waals surface area contributed by atoms with Gasteiger partial charge in [-0.3, -0.25) is 20.2 Å². The van der Waals surface area contributed by atoms with Crippen LogP contribution in [0, 0.1) is 26.1 Å². The molecule has 1 heterocycles. The highest BCUT2D eigenvalue weighted by molar-refractivity contribution is 5.88. The number of nitrogens with zero attached hydrogens (tertiary/aromatic N) is 3. The summed E-state index contributed by atoms with van der Waals surface area (Å²) in [4.78, 5) is 20.8. The number of oxime groups is 1. The van der Waals surface area contributed by atoms with Crippen molar-refractivity contribution in [2.75, 3.05) is 0 Å². The van der Waals surface area contributed by atoms with Gasteiger partial charge in [0.05, 0.1) is 15.6 Å². The molecule has 9 heteroatoms. The summed E-state index contributed by atoms with van der Waals surface area (Å²) in [5.74, 6) is -0.120. The van der Waals surface area contributed by atoms with E-state index in [1.807, 2.05) is 6.92 Å². The van der Waals surface area contributed by atoms with Crippen molar-refractivity contribution in [3.8, 4) is 0 Å². The second-order valence-corrected chi connectivity index (χ2v) is 6.48. The number of non-ortho nitro benzene ring substituents is 2. The van der Waals surface area contributed by atoms with Gasteiger partial charge in [0, 0.05) is 48.7 Å². The lowest BCUT2D eigenvalue weighted by Crippen LogP contribution is -2.41. The number of hydrogen-bond donors (Lipinski definition) is 2. The van der Waals surface area contributed by atoms with Crippen LogP contribution in [-0.2, 0) is 0 Å². The Kier molecular flexibility index (Phi) is 5.13. The third kappa shape index (κ3) is 3.77. The second-order valence-electron chi connectivity index (χ2n) is 6.48. The Morgan fingerprint density at radius 1 is 0.963 bits per heavy atom. The summed E-state index contributed by atoms with van der Waals surface area (Å²) in [5, 5.41) is 38.0. The standard InChI is InChI=1S/C18H18N4O5/c1-11-16(20-23)10-17(12-2-6-14(7-3-12)21(24)25)19-18(11)13-4-8-15(9-5-13)22(26)27/h2-9,11,17-19,23H,10H2,1H3/b20-16-/t11-,17-,18-/m0/s1. The molecule has 0 spiro atoms. The van der Waals surface area contributed by atoms with Crippen molar-refractivity contribution in [2.24, 2.45) is 11.1 Å². The van der Waals surface area contributed by atoms with E-state index in [9.17, 15) is 25.4 Å². The molecule has 0 unspecified atom stereocenters. The minimum absolute atomic E-state index is 0.00480. The first-order valence-corrected chi connectivity index (χ1v) is 8.36. The molecule has 0 radical (unpaired) electrons. The van der Waals surface area contributed by atoms with Crippen molar-refractivity contribution >= 4 is 17.1 Å². The normalized spacial score (nSPS) is 23.9. The number of hydrogen-bond acceptors (Lipinski definition) is 7. The Balaban J connectivity index is 1.89. The van der Waals surface area contributed by atoms with Crippen molar-refractivity contribution in [3.05, 3.63) is 79.9 Å². The number of benzene rings is 2. The first-order chi connectivity index (χ1) is 12.9. The molecule has 0 aliphatic carbocycles. The van der Waals surface area contributed by atoms with Crippen LogP contribution in [0.2, 0.25) is 0 Å². The van der Waals surface area contributed by atoms with Crippen LogP contribution in [0.15, 0.2) is 53.7 Å². The fraction of sp³-hybridized carbons (Fsp3) is 0.278. The molecule has 2 N–H and O–H groups in total. The molecular weight excluding hydrogens is 352 g/mol. The molecule has 1 saturated heterocycles. The van der Waals surface area contributed by atoms with E-state index in [0.717, 1.165) is 11.1 Å². The highest BCUT2D eigenvalue weighted by atomic mass is 16.6. The molecule has 0 saturated carbocycles. The van der Waals surface area contributed by atoms with Crippen LogP contribution in [0.3, 0.4) is 0 Å².